The molecule has 3 atom stereocenters. The van der Waals surface area contributed by atoms with E-state index in [1.165, 1.54) is 0 Å². The zero-order valence-corrected chi connectivity index (χ0v) is 9.80. The normalized spacial score (nSPS) is 32.5. The van der Waals surface area contributed by atoms with Crippen LogP contribution in [0, 0.1) is 5.92 Å². The summed E-state index contributed by atoms with van der Waals surface area (Å²) in [7, 11) is 0. The third-order valence-electron chi connectivity index (χ3n) is 3.85. The Morgan fingerprint density at radius 2 is 2.41 bits per heavy atom. The highest BCUT2D eigenvalue weighted by atomic mass is 16.2. The van der Waals surface area contributed by atoms with Crippen molar-refractivity contribution in [3.63, 3.8) is 0 Å². The van der Waals surface area contributed by atoms with Crippen LogP contribution in [-0.2, 0) is 4.79 Å². The molecule has 2 aliphatic rings. The molecule has 5 nitrogen and oxygen atoms in total. The Morgan fingerprint density at radius 1 is 1.59 bits per heavy atom. The number of nitrogens with one attached hydrogen (secondary N) is 1. The van der Waals surface area contributed by atoms with Crippen LogP contribution < -0.4 is 5.73 Å². The standard InChI is InChI=1S/C12H18N4O/c13-10-6-9(10)12(17)16-5-1-2-8(7-16)11-3-4-14-15-11/h3-4,8-10H,1-2,5-7,13H2,(H,14,15). The summed E-state index contributed by atoms with van der Waals surface area (Å²) in [5.74, 6) is 0.752. The highest BCUT2D eigenvalue weighted by Crippen LogP contribution is 2.33. The Morgan fingerprint density at radius 3 is 3.06 bits per heavy atom. The number of piperidine rings is 1. The minimum atomic E-state index is 0.0931. The van der Waals surface area contributed by atoms with E-state index in [-0.39, 0.29) is 17.9 Å². The number of hydrogen-bond acceptors (Lipinski definition) is 3. The number of amides is 1. The van der Waals surface area contributed by atoms with Gasteiger partial charge in [0.1, 0.15) is 0 Å². The summed E-state index contributed by atoms with van der Waals surface area (Å²) >= 11 is 0. The molecule has 0 radical (unpaired) electrons. The predicted molar refractivity (Wildman–Crippen MR) is 63.2 cm³/mol. The lowest BCUT2D eigenvalue weighted by molar-refractivity contribution is -0.133. The maximum absolute atomic E-state index is 12.1. The molecule has 17 heavy (non-hydrogen) atoms. The molecule has 3 N–H and O–H groups in total. The van der Waals surface area contributed by atoms with Crippen LogP contribution >= 0.6 is 0 Å². The summed E-state index contributed by atoms with van der Waals surface area (Å²) in [6.07, 6.45) is 4.83. The average Bonchev–Trinajstić information content (AvgIpc) is 2.87. The summed E-state index contributed by atoms with van der Waals surface area (Å²) < 4.78 is 0. The molecule has 2 heterocycles. The molecule has 0 bridgehead atoms. The van der Waals surface area contributed by atoms with E-state index in [4.69, 9.17) is 5.73 Å². The maximum Gasteiger partial charge on any atom is 0.227 e. The van der Waals surface area contributed by atoms with Gasteiger partial charge < -0.3 is 10.6 Å². The zero-order valence-electron chi connectivity index (χ0n) is 9.80. The molecular weight excluding hydrogens is 216 g/mol. The van der Waals surface area contributed by atoms with Crippen molar-refractivity contribution in [1.82, 2.24) is 15.1 Å². The number of H-pyrrole nitrogens is 1. The minimum Gasteiger partial charge on any atom is -0.342 e. The first kappa shape index (κ1) is 10.8. The number of aromatic amines is 1. The molecule has 5 heteroatoms. The van der Waals surface area contributed by atoms with E-state index < -0.39 is 0 Å². The van der Waals surface area contributed by atoms with E-state index in [1.54, 1.807) is 6.20 Å². The quantitative estimate of drug-likeness (QED) is 0.780. The van der Waals surface area contributed by atoms with Crippen molar-refractivity contribution >= 4 is 5.91 Å². The van der Waals surface area contributed by atoms with E-state index >= 15 is 0 Å². The fourth-order valence-corrected chi connectivity index (χ4v) is 2.66. The molecule has 0 spiro atoms. The van der Waals surface area contributed by atoms with Gasteiger partial charge >= 0.3 is 0 Å². The number of carbonyl (C=O) groups excluding carboxylic acids is 1. The van der Waals surface area contributed by atoms with Gasteiger partial charge in [-0.3, -0.25) is 9.89 Å². The molecule has 92 valence electrons. The molecule has 1 aliphatic carbocycles. The second-order valence-electron chi connectivity index (χ2n) is 5.14. The summed E-state index contributed by atoms with van der Waals surface area (Å²) in [4.78, 5) is 14.1. The molecule has 1 amide bonds. The van der Waals surface area contributed by atoms with Crippen LogP contribution in [0.25, 0.3) is 0 Å². The first-order chi connectivity index (χ1) is 8.25. The van der Waals surface area contributed by atoms with Crippen molar-refractivity contribution in [3.8, 4) is 0 Å². The number of likely N-dealkylation sites (tertiary alicyclic amines) is 1. The first-order valence-corrected chi connectivity index (χ1v) is 6.29. The fourth-order valence-electron chi connectivity index (χ4n) is 2.66. The molecular formula is C12H18N4O. The lowest BCUT2D eigenvalue weighted by atomic mass is 9.94. The third-order valence-corrected chi connectivity index (χ3v) is 3.85. The molecule has 1 aromatic heterocycles. The highest BCUT2D eigenvalue weighted by molar-refractivity contribution is 5.82. The van der Waals surface area contributed by atoms with Crippen molar-refractivity contribution in [1.29, 1.82) is 0 Å². The number of aromatic nitrogens is 2. The van der Waals surface area contributed by atoms with E-state index in [0.29, 0.717) is 5.92 Å². The largest absolute Gasteiger partial charge is 0.342 e. The molecule has 3 unspecified atom stereocenters. The van der Waals surface area contributed by atoms with Gasteiger partial charge in [0.05, 0.1) is 5.92 Å². The lowest BCUT2D eigenvalue weighted by Gasteiger charge is -2.32. The van der Waals surface area contributed by atoms with Gasteiger partial charge in [0.2, 0.25) is 5.91 Å². The second-order valence-corrected chi connectivity index (χ2v) is 5.14. The smallest absolute Gasteiger partial charge is 0.227 e. The number of nitrogens with zero attached hydrogens (tertiary/aromatic N) is 2. The van der Waals surface area contributed by atoms with Crippen LogP contribution in [0.5, 0.6) is 0 Å². The van der Waals surface area contributed by atoms with Crippen LogP contribution in [0.1, 0.15) is 30.9 Å². The van der Waals surface area contributed by atoms with Crippen LogP contribution in [0.15, 0.2) is 12.3 Å². The lowest BCUT2D eigenvalue weighted by Crippen LogP contribution is -2.40. The van der Waals surface area contributed by atoms with Crippen molar-refractivity contribution in [3.05, 3.63) is 18.0 Å². The van der Waals surface area contributed by atoms with E-state index in [1.807, 2.05) is 11.0 Å². The average molecular weight is 234 g/mol. The second kappa shape index (κ2) is 4.14. The maximum atomic E-state index is 12.1. The van der Waals surface area contributed by atoms with Crippen molar-refractivity contribution in [2.45, 2.75) is 31.2 Å². The Labute approximate surface area is 100 Å². The van der Waals surface area contributed by atoms with Crippen LogP contribution in [-0.4, -0.2) is 40.1 Å². The highest BCUT2D eigenvalue weighted by Gasteiger charge is 2.43. The Balaban J connectivity index is 1.65. The molecule has 1 saturated heterocycles. The fraction of sp³-hybridized carbons (Fsp3) is 0.667. The Hall–Kier alpha value is -1.36. The van der Waals surface area contributed by atoms with Gasteiger partial charge in [0.15, 0.2) is 0 Å². The number of nitrogens with two attached hydrogens (primary N) is 1. The Bertz CT molecular complexity index is 403. The van der Waals surface area contributed by atoms with Gasteiger partial charge in [0, 0.05) is 36.9 Å². The first-order valence-electron chi connectivity index (χ1n) is 6.29. The van der Waals surface area contributed by atoms with E-state index in [9.17, 15) is 4.79 Å². The van der Waals surface area contributed by atoms with E-state index in [2.05, 4.69) is 10.2 Å². The van der Waals surface area contributed by atoms with Gasteiger partial charge in [-0.2, -0.15) is 5.10 Å². The van der Waals surface area contributed by atoms with Crippen LogP contribution in [0.4, 0.5) is 0 Å². The SMILES string of the molecule is NC1CC1C(=O)N1CCCC(c2ccn[nH]2)C1. The summed E-state index contributed by atoms with van der Waals surface area (Å²) in [5, 5.41) is 6.99. The Kier molecular flexibility index (Phi) is 2.63. The van der Waals surface area contributed by atoms with Gasteiger partial charge in [0.25, 0.3) is 0 Å². The van der Waals surface area contributed by atoms with Gasteiger partial charge in [-0.25, -0.2) is 0 Å². The van der Waals surface area contributed by atoms with E-state index in [0.717, 1.165) is 38.0 Å². The monoisotopic (exact) mass is 234 g/mol. The summed E-state index contributed by atoms with van der Waals surface area (Å²) in [6.45, 7) is 1.69. The number of hydrogen-bond donors (Lipinski definition) is 2. The predicted octanol–water partition coefficient (Wildman–Crippen LogP) is 0.463. The summed E-state index contributed by atoms with van der Waals surface area (Å²) in [6, 6.07) is 2.11. The molecule has 1 saturated carbocycles. The summed E-state index contributed by atoms with van der Waals surface area (Å²) in [5.41, 5.74) is 6.88. The van der Waals surface area contributed by atoms with Gasteiger partial charge in [-0.1, -0.05) is 0 Å². The van der Waals surface area contributed by atoms with Crippen molar-refractivity contribution < 1.29 is 4.79 Å². The topological polar surface area (TPSA) is 75.0 Å². The van der Waals surface area contributed by atoms with Crippen molar-refractivity contribution in [2.24, 2.45) is 11.7 Å². The molecule has 1 aliphatic heterocycles. The third kappa shape index (κ3) is 2.07. The molecule has 2 fully saturated rings. The number of carbonyl (C=O) groups is 1. The van der Waals surface area contributed by atoms with Gasteiger partial charge in [-0.15, -0.1) is 0 Å². The molecule has 0 aromatic carbocycles. The molecule has 3 rings (SSSR count). The van der Waals surface area contributed by atoms with Crippen LogP contribution in [0.3, 0.4) is 0 Å². The minimum absolute atomic E-state index is 0.0931. The van der Waals surface area contributed by atoms with Crippen molar-refractivity contribution in [2.75, 3.05) is 13.1 Å². The number of rotatable bonds is 2. The zero-order chi connectivity index (χ0) is 11.8. The van der Waals surface area contributed by atoms with Crippen LogP contribution in [0.2, 0.25) is 0 Å². The van der Waals surface area contributed by atoms with Gasteiger partial charge in [-0.05, 0) is 25.3 Å². The molecule has 1 aromatic rings.